The van der Waals surface area contributed by atoms with Crippen molar-refractivity contribution in [3.05, 3.63) is 35.9 Å². The molecule has 1 heterocycles. The Morgan fingerprint density at radius 1 is 1.19 bits per heavy atom. The maximum Gasteiger partial charge on any atom is 0.240 e. The molecular formula is C16H22N2O3. The standard InChI is InChI=1S/C16H22N2O3/c19-12-14-8-4-5-9-18(14)11-16(21)17-15(20)10-13-6-2-1-3-7-13/h1-3,6-7,14,19H,4-5,8-12H2,(H,17,20,21). The molecule has 0 aliphatic carbocycles. The Kier molecular flexibility index (Phi) is 5.90. The molecule has 1 aliphatic rings. The van der Waals surface area contributed by atoms with Crippen LogP contribution in [-0.2, 0) is 16.0 Å². The molecular weight excluding hydrogens is 268 g/mol. The molecule has 2 amide bonds. The number of piperidine rings is 1. The summed E-state index contributed by atoms with van der Waals surface area (Å²) in [7, 11) is 0. The van der Waals surface area contributed by atoms with Crippen molar-refractivity contribution in [2.24, 2.45) is 0 Å². The average molecular weight is 290 g/mol. The van der Waals surface area contributed by atoms with E-state index in [2.05, 4.69) is 5.32 Å². The van der Waals surface area contributed by atoms with Gasteiger partial charge in [0.2, 0.25) is 11.8 Å². The van der Waals surface area contributed by atoms with Crippen LogP contribution >= 0.6 is 0 Å². The molecule has 0 radical (unpaired) electrons. The molecule has 5 nitrogen and oxygen atoms in total. The first-order valence-corrected chi connectivity index (χ1v) is 7.40. The van der Waals surface area contributed by atoms with Crippen molar-refractivity contribution in [3.63, 3.8) is 0 Å². The number of benzene rings is 1. The van der Waals surface area contributed by atoms with Crippen LogP contribution in [0, 0.1) is 0 Å². The average Bonchev–Trinajstić information content (AvgIpc) is 2.48. The zero-order valence-electron chi connectivity index (χ0n) is 12.1. The first-order chi connectivity index (χ1) is 10.2. The summed E-state index contributed by atoms with van der Waals surface area (Å²) in [6.45, 7) is 1.03. The highest BCUT2D eigenvalue weighted by atomic mass is 16.3. The monoisotopic (exact) mass is 290 g/mol. The molecule has 2 rings (SSSR count). The third kappa shape index (κ3) is 4.95. The van der Waals surface area contributed by atoms with Crippen molar-refractivity contribution in [3.8, 4) is 0 Å². The summed E-state index contributed by atoms with van der Waals surface area (Å²) in [5.41, 5.74) is 0.883. The highest BCUT2D eigenvalue weighted by Crippen LogP contribution is 2.15. The Labute approximate surface area is 125 Å². The van der Waals surface area contributed by atoms with Crippen molar-refractivity contribution < 1.29 is 14.7 Å². The molecule has 0 bridgehead atoms. The van der Waals surface area contributed by atoms with E-state index in [1.54, 1.807) is 0 Å². The smallest absolute Gasteiger partial charge is 0.240 e. The third-order valence-electron chi connectivity index (χ3n) is 3.79. The zero-order chi connectivity index (χ0) is 15.1. The Hall–Kier alpha value is -1.72. The van der Waals surface area contributed by atoms with Gasteiger partial charge < -0.3 is 5.11 Å². The number of hydrogen-bond acceptors (Lipinski definition) is 4. The molecule has 1 saturated heterocycles. The van der Waals surface area contributed by atoms with E-state index in [0.29, 0.717) is 0 Å². The second-order valence-electron chi connectivity index (χ2n) is 5.44. The van der Waals surface area contributed by atoms with Crippen molar-refractivity contribution >= 4 is 11.8 Å². The van der Waals surface area contributed by atoms with Gasteiger partial charge in [0.05, 0.1) is 19.6 Å². The molecule has 2 N–H and O–H groups in total. The third-order valence-corrected chi connectivity index (χ3v) is 3.79. The van der Waals surface area contributed by atoms with E-state index in [4.69, 9.17) is 0 Å². The lowest BCUT2D eigenvalue weighted by Gasteiger charge is -2.33. The van der Waals surface area contributed by atoms with Gasteiger partial charge in [0.25, 0.3) is 0 Å². The Balaban J connectivity index is 1.79. The first kappa shape index (κ1) is 15.7. The number of hydrogen-bond donors (Lipinski definition) is 2. The van der Waals surface area contributed by atoms with E-state index in [9.17, 15) is 14.7 Å². The van der Waals surface area contributed by atoms with Crippen molar-refractivity contribution in [2.45, 2.75) is 31.7 Å². The summed E-state index contributed by atoms with van der Waals surface area (Å²) in [4.78, 5) is 25.7. The quantitative estimate of drug-likeness (QED) is 0.838. The van der Waals surface area contributed by atoms with E-state index in [1.165, 1.54) is 0 Å². The Bertz CT molecular complexity index is 476. The number of aliphatic hydroxyl groups excluding tert-OH is 1. The number of aliphatic hydroxyl groups is 1. The van der Waals surface area contributed by atoms with E-state index < -0.39 is 0 Å². The van der Waals surface area contributed by atoms with E-state index in [1.807, 2.05) is 35.2 Å². The van der Waals surface area contributed by atoms with Crippen LogP contribution in [0.2, 0.25) is 0 Å². The van der Waals surface area contributed by atoms with Gasteiger partial charge in [0.1, 0.15) is 0 Å². The van der Waals surface area contributed by atoms with Crippen LogP contribution in [0.3, 0.4) is 0 Å². The van der Waals surface area contributed by atoms with Crippen LogP contribution in [0.4, 0.5) is 0 Å². The predicted molar refractivity (Wildman–Crippen MR) is 79.6 cm³/mol. The molecule has 1 aliphatic heterocycles. The highest BCUT2D eigenvalue weighted by Gasteiger charge is 2.24. The fourth-order valence-corrected chi connectivity index (χ4v) is 2.68. The number of likely N-dealkylation sites (tertiary alicyclic amines) is 1. The molecule has 0 aromatic heterocycles. The zero-order valence-corrected chi connectivity index (χ0v) is 12.1. The normalized spacial score (nSPS) is 19.2. The summed E-state index contributed by atoms with van der Waals surface area (Å²) in [6.07, 6.45) is 3.22. The largest absolute Gasteiger partial charge is 0.395 e. The van der Waals surface area contributed by atoms with E-state index >= 15 is 0 Å². The second-order valence-corrected chi connectivity index (χ2v) is 5.44. The minimum Gasteiger partial charge on any atom is -0.395 e. The molecule has 0 spiro atoms. The predicted octanol–water partition coefficient (Wildman–Crippen LogP) is 0.719. The van der Waals surface area contributed by atoms with Gasteiger partial charge in [-0.1, -0.05) is 36.8 Å². The number of carbonyl (C=O) groups excluding carboxylic acids is 2. The molecule has 21 heavy (non-hydrogen) atoms. The summed E-state index contributed by atoms with van der Waals surface area (Å²) >= 11 is 0. The van der Waals surface area contributed by atoms with Crippen molar-refractivity contribution in [1.29, 1.82) is 0 Å². The molecule has 5 heteroatoms. The number of nitrogens with zero attached hydrogens (tertiary/aromatic N) is 1. The van der Waals surface area contributed by atoms with Crippen LogP contribution < -0.4 is 5.32 Å². The molecule has 1 aromatic rings. The van der Waals surface area contributed by atoms with Gasteiger partial charge >= 0.3 is 0 Å². The highest BCUT2D eigenvalue weighted by molar-refractivity contribution is 5.96. The molecule has 0 saturated carbocycles. The van der Waals surface area contributed by atoms with Crippen LogP contribution in [0.5, 0.6) is 0 Å². The lowest BCUT2D eigenvalue weighted by molar-refractivity contribution is -0.131. The SMILES string of the molecule is O=C(Cc1ccccc1)NC(=O)CN1CCCCC1CO. The number of nitrogens with one attached hydrogen (secondary N) is 1. The minimum absolute atomic E-state index is 0.0359. The summed E-state index contributed by atoms with van der Waals surface area (Å²) in [5.74, 6) is -0.583. The lowest BCUT2D eigenvalue weighted by atomic mass is 10.0. The van der Waals surface area contributed by atoms with Gasteiger partial charge in [-0.3, -0.25) is 19.8 Å². The molecule has 1 atom stereocenters. The van der Waals surface area contributed by atoms with Gasteiger partial charge in [-0.15, -0.1) is 0 Å². The fourth-order valence-electron chi connectivity index (χ4n) is 2.68. The molecule has 1 fully saturated rings. The summed E-state index contributed by atoms with van der Waals surface area (Å²) in [6, 6.07) is 9.37. The van der Waals surface area contributed by atoms with Crippen LogP contribution in [-0.4, -0.2) is 47.6 Å². The topological polar surface area (TPSA) is 69.6 Å². The lowest BCUT2D eigenvalue weighted by Crippen LogP contribution is -2.48. The summed E-state index contributed by atoms with van der Waals surface area (Å²) in [5, 5.41) is 11.7. The molecule has 1 unspecified atom stereocenters. The summed E-state index contributed by atoms with van der Waals surface area (Å²) < 4.78 is 0. The van der Waals surface area contributed by atoms with E-state index in [-0.39, 0.29) is 37.4 Å². The van der Waals surface area contributed by atoms with Crippen molar-refractivity contribution in [1.82, 2.24) is 10.2 Å². The minimum atomic E-state index is -0.295. The fraction of sp³-hybridized carbons (Fsp3) is 0.500. The van der Waals surface area contributed by atoms with Gasteiger partial charge in [-0.2, -0.15) is 0 Å². The van der Waals surface area contributed by atoms with Crippen LogP contribution in [0.1, 0.15) is 24.8 Å². The molecule has 114 valence electrons. The van der Waals surface area contributed by atoms with Gasteiger partial charge in [-0.25, -0.2) is 0 Å². The molecule has 1 aromatic carbocycles. The van der Waals surface area contributed by atoms with Gasteiger partial charge in [0, 0.05) is 6.04 Å². The van der Waals surface area contributed by atoms with Gasteiger partial charge in [-0.05, 0) is 24.9 Å². The number of amides is 2. The number of rotatable bonds is 5. The maximum absolute atomic E-state index is 11.9. The Morgan fingerprint density at radius 3 is 2.67 bits per heavy atom. The number of carbonyl (C=O) groups is 2. The van der Waals surface area contributed by atoms with Crippen molar-refractivity contribution in [2.75, 3.05) is 19.7 Å². The van der Waals surface area contributed by atoms with Crippen LogP contribution in [0.15, 0.2) is 30.3 Å². The van der Waals surface area contributed by atoms with Crippen LogP contribution in [0.25, 0.3) is 0 Å². The first-order valence-electron chi connectivity index (χ1n) is 7.40. The Morgan fingerprint density at radius 2 is 1.95 bits per heavy atom. The number of imide groups is 1. The maximum atomic E-state index is 11.9. The van der Waals surface area contributed by atoms with E-state index in [0.717, 1.165) is 31.4 Å². The second kappa shape index (κ2) is 7.90. The van der Waals surface area contributed by atoms with Gasteiger partial charge in [0.15, 0.2) is 0 Å².